The Morgan fingerprint density at radius 2 is 1.73 bits per heavy atom. The Kier molecular flexibility index (Phi) is 8.08. The fourth-order valence-electron chi connectivity index (χ4n) is 2.95. The fourth-order valence-corrected chi connectivity index (χ4v) is 4.55. The van der Waals surface area contributed by atoms with Gasteiger partial charge in [-0.15, -0.1) is 0 Å². The quantitative estimate of drug-likeness (QED) is 0.359. The molecule has 0 aliphatic rings. The molecule has 0 aliphatic carbocycles. The number of carbonyl (C=O) groups is 1. The van der Waals surface area contributed by atoms with Crippen LogP contribution in [0.4, 0.5) is 5.69 Å². The molecule has 9 heteroatoms. The standard InChI is InChI=1S/C24H24ClN3O4S/c1-3-32-21-12-14-22(15-13-21)33(30,31)28(20-10-8-18(2)9-11-20)17-24(29)27-26-16-19-6-4-5-7-23(19)25/h4-16H,3,17H2,1-2H3,(H,27,29)/b26-16-. The molecule has 0 aromatic heterocycles. The molecule has 0 spiro atoms. The third-order valence-electron chi connectivity index (χ3n) is 4.63. The Bertz CT molecular complexity index is 1230. The average molecular weight is 486 g/mol. The van der Waals surface area contributed by atoms with Crippen molar-refractivity contribution in [2.75, 3.05) is 17.5 Å². The molecule has 0 bridgehead atoms. The topological polar surface area (TPSA) is 88.1 Å². The first-order chi connectivity index (χ1) is 15.8. The van der Waals surface area contributed by atoms with Crippen LogP contribution in [-0.2, 0) is 14.8 Å². The molecule has 172 valence electrons. The lowest BCUT2D eigenvalue weighted by atomic mass is 10.2. The molecule has 33 heavy (non-hydrogen) atoms. The van der Waals surface area contributed by atoms with E-state index >= 15 is 0 Å². The minimum Gasteiger partial charge on any atom is -0.494 e. The molecule has 0 heterocycles. The first kappa shape index (κ1) is 24.3. The van der Waals surface area contributed by atoms with Crippen molar-refractivity contribution in [3.05, 3.63) is 88.9 Å². The van der Waals surface area contributed by atoms with Crippen molar-refractivity contribution >= 4 is 39.4 Å². The summed E-state index contributed by atoms with van der Waals surface area (Å²) in [5.41, 5.74) is 4.31. The summed E-state index contributed by atoms with van der Waals surface area (Å²) in [5, 5.41) is 4.38. The van der Waals surface area contributed by atoms with E-state index in [0.29, 0.717) is 28.6 Å². The molecular formula is C24H24ClN3O4S. The van der Waals surface area contributed by atoms with Gasteiger partial charge in [0.1, 0.15) is 12.3 Å². The second-order valence-electron chi connectivity index (χ2n) is 7.07. The molecule has 0 saturated heterocycles. The van der Waals surface area contributed by atoms with E-state index in [1.54, 1.807) is 60.7 Å². The van der Waals surface area contributed by atoms with Gasteiger partial charge in [0.2, 0.25) is 0 Å². The van der Waals surface area contributed by atoms with E-state index in [1.165, 1.54) is 18.3 Å². The number of benzene rings is 3. The van der Waals surface area contributed by atoms with Crippen LogP contribution < -0.4 is 14.5 Å². The SMILES string of the molecule is CCOc1ccc(S(=O)(=O)N(CC(=O)N/N=C\c2ccccc2Cl)c2ccc(C)cc2)cc1. The van der Waals surface area contributed by atoms with Crippen LogP contribution >= 0.6 is 11.6 Å². The van der Waals surface area contributed by atoms with Crippen molar-refractivity contribution < 1.29 is 17.9 Å². The summed E-state index contributed by atoms with van der Waals surface area (Å²) in [6, 6.07) is 20.0. The molecule has 7 nitrogen and oxygen atoms in total. The molecule has 0 saturated carbocycles. The third kappa shape index (κ3) is 6.34. The maximum absolute atomic E-state index is 13.4. The monoisotopic (exact) mass is 485 g/mol. The Morgan fingerprint density at radius 1 is 1.06 bits per heavy atom. The number of carbonyl (C=O) groups excluding carboxylic acids is 1. The highest BCUT2D eigenvalue weighted by molar-refractivity contribution is 7.92. The zero-order chi connectivity index (χ0) is 23.8. The van der Waals surface area contributed by atoms with Gasteiger partial charge in [0.05, 0.1) is 23.4 Å². The summed E-state index contributed by atoms with van der Waals surface area (Å²) >= 11 is 6.07. The van der Waals surface area contributed by atoms with Gasteiger partial charge in [0.15, 0.2) is 0 Å². The molecule has 3 aromatic rings. The Balaban J connectivity index is 1.84. The van der Waals surface area contributed by atoms with Gasteiger partial charge in [-0.25, -0.2) is 13.8 Å². The summed E-state index contributed by atoms with van der Waals surface area (Å²) in [4.78, 5) is 12.6. The molecule has 0 aliphatic heterocycles. The van der Waals surface area contributed by atoms with Crippen LogP contribution in [0.5, 0.6) is 5.75 Å². The van der Waals surface area contributed by atoms with Crippen molar-refractivity contribution in [2.24, 2.45) is 5.10 Å². The number of halogens is 1. The molecule has 0 unspecified atom stereocenters. The number of hydrazone groups is 1. The first-order valence-electron chi connectivity index (χ1n) is 10.2. The lowest BCUT2D eigenvalue weighted by Gasteiger charge is -2.24. The van der Waals surface area contributed by atoms with Crippen LogP contribution in [0.25, 0.3) is 0 Å². The molecular weight excluding hydrogens is 462 g/mol. The zero-order valence-corrected chi connectivity index (χ0v) is 19.8. The number of ether oxygens (including phenoxy) is 1. The summed E-state index contributed by atoms with van der Waals surface area (Å²) < 4.78 is 33.3. The smallest absolute Gasteiger partial charge is 0.264 e. The van der Waals surface area contributed by atoms with Crippen LogP contribution in [0.2, 0.25) is 5.02 Å². The van der Waals surface area contributed by atoms with Crippen molar-refractivity contribution in [3.63, 3.8) is 0 Å². The number of nitrogens with one attached hydrogen (secondary N) is 1. The Morgan fingerprint density at radius 3 is 2.36 bits per heavy atom. The van der Waals surface area contributed by atoms with Gasteiger partial charge in [0.25, 0.3) is 15.9 Å². The predicted molar refractivity (Wildman–Crippen MR) is 131 cm³/mol. The summed E-state index contributed by atoms with van der Waals surface area (Å²) in [6.45, 7) is 3.75. The minimum absolute atomic E-state index is 0.0406. The normalized spacial score (nSPS) is 11.4. The summed E-state index contributed by atoms with van der Waals surface area (Å²) in [6.07, 6.45) is 1.40. The molecule has 3 rings (SSSR count). The highest BCUT2D eigenvalue weighted by Crippen LogP contribution is 2.25. The lowest BCUT2D eigenvalue weighted by Crippen LogP contribution is -2.39. The molecule has 0 atom stereocenters. The van der Waals surface area contributed by atoms with E-state index in [2.05, 4.69) is 10.5 Å². The third-order valence-corrected chi connectivity index (χ3v) is 6.76. The van der Waals surface area contributed by atoms with E-state index in [4.69, 9.17) is 16.3 Å². The van der Waals surface area contributed by atoms with E-state index < -0.39 is 22.5 Å². The molecule has 1 N–H and O–H groups in total. The minimum atomic E-state index is -4.03. The van der Waals surface area contributed by atoms with Crippen LogP contribution in [0, 0.1) is 6.92 Å². The van der Waals surface area contributed by atoms with E-state index in [9.17, 15) is 13.2 Å². The fraction of sp³-hybridized carbons (Fsp3) is 0.167. The summed E-state index contributed by atoms with van der Waals surface area (Å²) in [5.74, 6) is -0.0432. The predicted octanol–water partition coefficient (Wildman–Crippen LogP) is 4.39. The molecule has 0 fully saturated rings. The maximum Gasteiger partial charge on any atom is 0.264 e. The first-order valence-corrected chi connectivity index (χ1v) is 12.0. The number of amides is 1. The number of anilines is 1. The van der Waals surface area contributed by atoms with E-state index in [-0.39, 0.29) is 4.90 Å². The van der Waals surface area contributed by atoms with Gasteiger partial charge in [-0.05, 0) is 56.3 Å². The number of aryl methyl sites for hydroxylation is 1. The van der Waals surface area contributed by atoms with Crippen LogP contribution in [0.1, 0.15) is 18.1 Å². The number of nitrogens with zero attached hydrogens (tertiary/aromatic N) is 2. The van der Waals surface area contributed by atoms with Crippen molar-refractivity contribution in [1.29, 1.82) is 0 Å². The lowest BCUT2D eigenvalue weighted by molar-refractivity contribution is -0.119. The zero-order valence-electron chi connectivity index (χ0n) is 18.2. The Labute approximate surface area is 198 Å². The van der Waals surface area contributed by atoms with Gasteiger partial charge >= 0.3 is 0 Å². The van der Waals surface area contributed by atoms with E-state index in [0.717, 1.165) is 9.87 Å². The highest BCUT2D eigenvalue weighted by Gasteiger charge is 2.27. The van der Waals surface area contributed by atoms with Gasteiger partial charge < -0.3 is 4.74 Å². The highest BCUT2D eigenvalue weighted by atomic mass is 35.5. The van der Waals surface area contributed by atoms with Crippen molar-refractivity contribution in [1.82, 2.24) is 5.43 Å². The van der Waals surface area contributed by atoms with Crippen molar-refractivity contribution in [2.45, 2.75) is 18.7 Å². The second kappa shape index (κ2) is 11.0. The van der Waals surface area contributed by atoms with E-state index in [1.807, 2.05) is 13.8 Å². The molecule has 1 amide bonds. The van der Waals surface area contributed by atoms with Crippen LogP contribution in [-0.4, -0.2) is 33.7 Å². The number of hydrogen-bond acceptors (Lipinski definition) is 5. The van der Waals surface area contributed by atoms with Gasteiger partial charge in [-0.1, -0.05) is 47.5 Å². The van der Waals surface area contributed by atoms with Crippen molar-refractivity contribution in [3.8, 4) is 5.75 Å². The van der Waals surface area contributed by atoms with Gasteiger partial charge in [-0.2, -0.15) is 5.10 Å². The molecule has 0 radical (unpaired) electrons. The molecule has 3 aromatic carbocycles. The summed E-state index contributed by atoms with van der Waals surface area (Å²) in [7, 11) is -4.03. The second-order valence-corrected chi connectivity index (χ2v) is 9.34. The van der Waals surface area contributed by atoms with Crippen LogP contribution in [0.3, 0.4) is 0 Å². The van der Waals surface area contributed by atoms with Gasteiger partial charge in [-0.3, -0.25) is 9.10 Å². The average Bonchev–Trinajstić information content (AvgIpc) is 2.80. The number of sulfonamides is 1. The number of hydrogen-bond donors (Lipinski definition) is 1. The number of rotatable bonds is 9. The Hall–Kier alpha value is -3.36. The van der Waals surface area contributed by atoms with Crippen LogP contribution in [0.15, 0.2) is 82.8 Å². The van der Waals surface area contributed by atoms with Gasteiger partial charge in [0, 0.05) is 10.6 Å². The maximum atomic E-state index is 13.4. The largest absolute Gasteiger partial charge is 0.494 e.